The van der Waals surface area contributed by atoms with Gasteiger partial charge in [0.05, 0.1) is 16.6 Å². The molecule has 1 aromatic carbocycles. The molecule has 0 bridgehead atoms. The topological polar surface area (TPSA) is 98.5 Å². The number of benzene rings is 1. The number of nitrogens with zero attached hydrogens (tertiary/aromatic N) is 1. The van der Waals surface area contributed by atoms with Crippen LogP contribution in [0.4, 0.5) is 5.69 Å². The molecule has 0 spiro atoms. The Balaban J connectivity index is 2.34. The lowest BCUT2D eigenvalue weighted by Crippen LogP contribution is -2.40. The van der Waals surface area contributed by atoms with Gasteiger partial charge in [0.25, 0.3) is 5.69 Å². The Morgan fingerprint density at radius 2 is 2.19 bits per heavy atom. The van der Waals surface area contributed by atoms with Crippen LogP contribution in [0.1, 0.15) is 18.4 Å². The molecule has 1 N–H and O–H groups in total. The van der Waals surface area contributed by atoms with Gasteiger partial charge in [-0.15, -0.1) is 0 Å². The summed E-state index contributed by atoms with van der Waals surface area (Å²) < 4.78 is 32.4. The van der Waals surface area contributed by atoms with Gasteiger partial charge >= 0.3 is 0 Å². The van der Waals surface area contributed by atoms with Crippen LogP contribution in [0, 0.1) is 17.0 Å². The summed E-state index contributed by atoms with van der Waals surface area (Å²) in [6.45, 7) is 2.39. The third-order valence-corrected chi connectivity index (χ3v) is 5.20. The summed E-state index contributed by atoms with van der Waals surface area (Å²) in [5, 5.41) is 10.9. The van der Waals surface area contributed by atoms with E-state index in [0.29, 0.717) is 18.6 Å². The first-order valence-corrected chi connectivity index (χ1v) is 8.22. The highest BCUT2D eigenvalue weighted by molar-refractivity contribution is 7.89. The van der Waals surface area contributed by atoms with Gasteiger partial charge in [0, 0.05) is 24.3 Å². The third kappa shape index (κ3) is 3.70. The lowest BCUT2D eigenvalue weighted by Gasteiger charge is -2.23. The number of nitro benzene ring substituents is 1. The molecule has 0 aromatic heterocycles. The number of rotatable bonds is 4. The van der Waals surface area contributed by atoms with Crippen LogP contribution in [0.25, 0.3) is 0 Å². The number of ether oxygens (including phenoxy) is 1. The fourth-order valence-corrected chi connectivity index (χ4v) is 4.02. The lowest BCUT2D eigenvalue weighted by atomic mass is 10.1. The maximum absolute atomic E-state index is 12.3. The average Bonchev–Trinajstić information content (AvgIpc) is 2.38. The van der Waals surface area contributed by atoms with Crippen LogP contribution in [0.3, 0.4) is 0 Å². The van der Waals surface area contributed by atoms with E-state index in [9.17, 15) is 18.5 Å². The smallest absolute Gasteiger partial charge is 0.273 e. The largest absolute Gasteiger partial charge is 0.380 e. The number of hydrogen-bond donors (Lipinski definition) is 1. The van der Waals surface area contributed by atoms with E-state index in [1.807, 2.05) is 0 Å². The van der Waals surface area contributed by atoms with Crippen molar-refractivity contribution >= 4 is 27.3 Å². The van der Waals surface area contributed by atoms with Gasteiger partial charge in [-0.1, -0.05) is 11.6 Å². The van der Waals surface area contributed by atoms with E-state index in [2.05, 4.69) is 4.72 Å². The summed E-state index contributed by atoms with van der Waals surface area (Å²) in [6.07, 6.45) is 1.42. The molecule has 9 heteroatoms. The molecule has 0 saturated carbocycles. The Bertz CT molecular complexity index is 656. The van der Waals surface area contributed by atoms with Gasteiger partial charge in [-0.2, -0.15) is 0 Å². The highest BCUT2D eigenvalue weighted by Crippen LogP contribution is 2.30. The minimum atomic E-state index is -3.93. The normalized spacial score (nSPS) is 19.4. The maximum Gasteiger partial charge on any atom is 0.273 e. The summed E-state index contributed by atoms with van der Waals surface area (Å²) in [6, 6.07) is 1.93. The summed E-state index contributed by atoms with van der Waals surface area (Å²) in [7, 11) is -3.93. The fraction of sp³-hybridized carbons (Fsp3) is 0.500. The Morgan fingerprint density at radius 1 is 1.48 bits per heavy atom. The van der Waals surface area contributed by atoms with Crippen LogP contribution in [-0.2, 0) is 14.8 Å². The van der Waals surface area contributed by atoms with Crippen LogP contribution in [0.2, 0.25) is 5.02 Å². The molecule has 2 rings (SSSR count). The SMILES string of the molecule is Cc1cc(Cl)c(S(=O)(=O)NC2CCCOC2)cc1[N+](=O)[O-]. The minimum Gasteiger partial charge on any atom is -0.380 e. The van der Waals surface area contributed by atoms with Crippen LogP contribution in [0.15, 0.2) is 17.0 Å². The molecule has 0 aliphatic carbocycles. The average molecular weight is 335 g/mol. The molecule has 1 aromatic rings. The van der Waals surface area contributed by atoms with Crippen molar-refractivity contribution in [2.24, 2.45) is 0 Å². The Morgan fingerprint density at radius 3 is 2.76 bits per heavy atom. The number of aryl methyl sites for hydroxylation is 1. The molecule has 21 heavy (non-hydrogen) atoms. The first kappa shape index (κ1) is 16.2. The van der Waals surface area contributed by atoms with E-state index in [1.54, 1.807) is 0 Å². The second kappa shape index (κ2) is 6.27. The molecule has 1 atom stereocenters. The van der Waals surface area contributed by atoms with E-state index in [0.717, 1.165) is 12.5 Å². The standard InChI is InChI=1S/C12H15ClN2O5S/c1-8-5-10(13)12(6-11(8)15(16)17)21(18,19)14-9-3-2-4-20-7-9/h5-6,9,14H,2-4,7H2,1H3. The number of halogens is 1. The maximum atomic E-state index is 12.3. The zero-order valence-electron chi connectivity index (χ0n) is 11.3. The van der Waals surface area contributed by atoms with Crippen molar-refractivity contribution < 1.29 is 18.1 Å². The molecule has 1 aliphatic rings. The van der Waals surface area contributed by atoms with Crippen molar-refractivity contribution in [2.75, 3.05) is 13.2 Å². The number of sulfonamides is 1. The van der Waals surface area contributed by atoms with Gasteiger partial charge < -0.3 is 4.74 Å². The Hall–Kier alpha value is -1.22. The van der Waals surface area contributed by atoms with Gasteiger partial charge in [-0.25, -0.2) is 13.1 Å². The van der Waals surface area contributed by atoms with Gasteiger partial charge in [0.15, 0.2) is 0 Å². The molecule has 116 valence electrons. The monoisotopic (exact) mass is 334 g/mol. The number of nitro groups is 1. The highest BCUT2D eigenvalue weighted by Gasteiger charge is 2.27. The molecule has 0 radical (unpaired) electrons. The van der Waals surface area contributed by atoms with Crippen molar-refractivity contribution in [3.63, 3.8) is 0 Å². The fourth-order valence-electron chi connectivity index (χ4n) is 2.16. The molecule has 1 saturated heterocycles. The highest BCUT2D eigenvalue weighted by atomic mass is 35.5. The molecule has 0 amide bonds. The van der Waals surface area contributed by atoms with Crippen LogP contribution in [-0.4, -0.2) is 32.6 Å². The van der Waals surface area contributed by atoms with Crippen molar-refractivity contribution in [2.45, 2.75) is 30.7 Å². The first-order valence-electron chi connectivity index (χ1n) is 6.36. The lowest BCUT2D eigenvalue weighted by molar-refractivity contribution is -0.385. The summed E-state index contributed by atoms with van der Waals surface area (Å²) in [5.74, 6) is 0. The van der Waals surface area contributed by atoms with E-state index in [-0.39, 0.29) is 28.3 Å². The summed E-state index contributed by atoms with van der Waals surface area (Å²) >= 11 is 5.94. The second-order valence-electron chi connectivity index (χ2n) is 4.86. The zero-order chi connectivity index (χ0) is 15.6. The second-order valence-corrected chi connectivity index (χ2v) is 6.95. The van der Waals surface area contributed by atoms with Gasteiger partial charge in [0.2, 0.25) is 10.0 Å². The molecule has 1 fully saturated rings. The quantitative estimate of drug-likeness (QED) is 0.670. The van der Waals surface area contributed by atoms with Crippen molar-refractivity contribution in [3.05, 3.63) is 32.8 Å². The summed E-state index contributed by atoms with van der Waals surface area (Å²) in [5.41, 5.74) is 0.0321. The Kier molecular flexibility index (Phi) is 4.82. The predicted octanol–water partition coefficient (Wildman–Crippen LogP) is 2.01. The predicted molar refractivity (Wildman–Crippen MR) is 77.0 cm³/mol. The van der Waals surface area contributed by atoms with Crippen molar-refractivity contribution in [1.82, 2.24) is 4.72 Å². The zero-order valence-corrected chi connectivity index (χ0v) is 12.9. The third-order valence-electron chi connectivity index (χ3n) is 3.22. The molecule has 1 aliphatic heterocycles. The number of hydrogen-bond acceptors (Lipinski definition) is 5. The molecular weight excluding hydrogens is 320 g/mol. The number of nitrogens with one attached hydrogen (secondary N) is 1. The van der Waals surface area contributed by atoms with E-state index < -0.39 is 14.9 Å². The van der Waals surface area contributed by atoms with E-state index >= 15 is 0 Å². The van der Waals surface area contributed by atoms with Gasteiger partial charge in [0.1, 0.15) is 4.90 Å². The van der Waals surface area contributed by atoms with Crippen LogP contribution >= 0.6 is 11.6 Å². The molecule has 1 unspecified atom stereocenters. The van der Waals surface area contributed by atoms with Gasteiger partial charge in [-0.3, -0.25) is 10.1 Å². The van der Waals surface area contributed by atoms with Crippen LogP contribution in [0.5, 0.6) is 0 Å². The Labute approximate surface area is 127 Å². The molecule has 1 heterocycles. The van der Waals surface area contributed by atoms with Crippen LogP contribution < -0.4 is 4.72 Å². The van der Waals surface area contributed by atoms with Gasteiger partial charge in [-0.05, 0) is 25.8 Å². The van der Waals surface area contributed by atoms with Crippen molar-refractivity contribution in [3.8, 4) is 0 Å². The summed E-state index contributed by atoms with van der Waals surface area (Å²) in [4.78, 5) is 10.0. The molecular formula is C12H15ClN2O5S. The minimum absolute atomic E-state index is 0.0395. The first-order chi connectivity index (χ1) is 9.81. The van der Waals surface area contributed by atoms with Crippen molar-refractivity contribution in [1.29, 1.82) is 0 Å². The van der Waals surface area contributed by atoms with E-state index in [1.165, 1.54) is 13.0 Å². The molecule has 7 nitrogen and oxygen atoms in total. The van der Waals surface area contributed by atoms with E-state index in [4.69, 9.17) is 16.3 Å².